The van der Waals surface area contributed by atoms with Gasteiger partial charge in [-0.15, -0.1) is 0 Å². The van der Waals surface area contributed by atoms with Crippen molar-refractivity contribution in [3.05, 3.63) is 24.3 Å². The lowest BCUT2D eigenvalue weighted by Crippen LogP contribution is -2.29. The quantitative estimate of drug-likeness (QED) is 0.0296. The third-order valence-corrected chi connectivity index (χ3v) is 8.54. The van der Waals surface area contributed by atoms with Crippen LogP contribution in [-0.4, -0.2) is 49.3 Å². The lowest BCUT2D eigenvalue weighted by molar-refractivity contribution is -0.161. The van der Waals surface area contributed by atoms with E-state index in [0.717, 1.165) is 77.0 Å². The van der Waals surface area contributed by atoms with Gasteiger partial charge in [0.1, 0.15) is 6.61 Å². The zero-order chi connectivity index (χ0) is 34.0. The molecule has 0 aliphatic heterocycles. The number of carbonyl (C=O) groups is 2. The number of esters is 2. The van der Waals surface area contributed by atoms with E-state index >= 15 is 0 Å². The summed E-state index contributed by atoms with van der Waals surface area (Å²) in [6.07, 6.45) is 32.0. The fourth-order valence-corrected chi connectivity index (χ4v) is 5.56. The number of phosphoric ester groups is 1. The average molecular weight is 674 g/mol. The Morgan fingerprint density at radius 1 is 0.630 bits per heavy atom. The topological polar surface area (TPSA) is 134 Å². The van der Waals surface area contributed by atoms with E-state index in [1.54, 1.807) is 0 Å². The maximum atomic E-state index is 12.5. The van der Waals surface area contributed by atoms with Crippen LogP contribution < -0.4 is 5.73 Å². The minimum Gasteiger partial charge on any atom is -0.462 e. The first-order valence-corrected chi connectivity index (χ1v) is 19.8. The summed E-state index contributed by atoms with van der Waals surface area (Å²) in [6.45, 7) is 3.65. The number of phosphoric acid groups is 1. The van der Waals surface area contributed by atoms with Gasteiger partial charge >= 0.3 is 19.8 Å². The molecule has 0 aromatic rings. The van der Waals surface area contributed by atoms with Gasteiger partial charge in [-0.2, -0.15) is 0 Å². The molecule has 2 atom stereocenters. The summed E-state index contributed by atoms with van der Waals surface area (Å²) in [4.78, 5) is 34.6. The fourth-order valence-electron chi connectivity index (χ4n) is 4.80. The van der Waals surface area contributed by atoms with E-state index in [-0.39, 0.29) is 32.6 Å². The van der Waals surface area contributed by atoms with Crippen molar-refractivity contribution in [2.75, 3.05) is 26.4 Å². The Bertz CT molecular complexity index is 820. The lowest BCUT2D eigenvalue weighted by atomic mass is 10.1. The third-order valence-electron chi connectivity index (χ3n) is 7.56. The average Bonchev–Trinajstić information content (AvgIpc) is 3.04. The molecule has 0 fully saturated rings. The molecular weight excluding hydrogens is 605 g/mol. The maximum Gasteiger partial charge on any atom is 0.472 e. The molecule has 46 heavy (non-hydrogen) atoms. The van der Waals surface area contributed by atoms with Crippen LogP contribution >= 0.6 is 7.82 Å². The molecule has 0 spiro atoms. The first-order chi connectivity index (χ1) is 22.3. The number of ether oxygens (including phenoxy) is 2. The standard InChI is InChI=1S/C36H68NO8P/c1-3-5-7-9-11-13-15-17-19-20-22-24-26-28-35(38)42-32-34(33-44-46(40,41)43-31-30-37)45-36(39)29-27-25-23-21-18-16-14-12-10-8-6-4-2/h12-15,34H,3-11,16-33,37H2,1-2H3,(H,40,41)/b14-12-,15-13-/t34-/m1/s1. The van der Waals surface area contributed by atoms with Crippen molar-refractivity contribution >= 4 is 19.8 Å². The molecule has 9 nitrogen and oxygen atoms in total. The Balaban J connectivity index is 4.27. The van der Waals surface area contributed by atoms with Crippen molar-refractivity contribution in [3.8, 4) is 0 Å². The van der Waals surface area contributed by atoms with E-state index in [0.29, 0.717) is 6.42 Å². The molecule has 0 amide bonds. The number of nitrogens with two attached hydrogens (primary N) is 1. The Morgan fingerprint density at radius 2 is 1.07 bits per heavy atom. The van der Waals surface area contributed by atoms with Gasteiger partial charge in [-0.3, -0.25) is 18.6 Å². The summed E-state index contributed by atoms with van der Waals surface area (Å²) in [5.74, 6) is -0.851. The molecule has 0 saturated carbocycles. The largest absolute Gasteiger partial charge is 0.472 e. The van der Waals surface area contributed by atoms with Crippen molar-refractivity contribution in [2.24, 2.45) is 5.73 Å². The van der Waals surface area contributed by atoms with Crippen molar-refractivity contribution in [1.82, 2.24) is 0 Å². The number of rotatable bonds is 34. The predicted octanol–water partition coefficient (Wildman–Crippen LogP) is 9.66. The highest BCUT2D eigenvalue weighted by molar-refractivity contribution is 7.47. The number of hydrogen-bond acceptors (Lipinski definition) is 8. The van der Waals surface area contributed by atoms with E-state index < -0.39 is 32.5 Å². The van der Waals surface area contributed by atoms with Gasteiger partial charge in [-0.25, -0.2) is 4.57 Å². The Kier molecular flexibility index (Phi) is 32.3. The van der Waals surface area contributed by atoms with Gasteiger partial charge < -0.3 is 20.1 Å². The summed E-state index contributed by atoms with van der Waals surface area (Å²) < 4.78 is 32.6. The maximum absolute atomic E-state index is 12.5. The van der Waals surface area contributed by atoms with Crippen LogP contribution in [0.1, 0.15) is 162 Å². The number of hydrogen-bond donors (Lipinski definition) is 2. The van der Waals surface area contributed by atoms with Crippen LogP contribution in [0.3, 0.4) is 0 Å². The van der Waals surface area contributed by atoms with Gasteiger partial charge in [0.2, 0.25) is 0 Å². The van der Waals surface area contributed by atoms with Gasteiger partial charge in [-0.05, 0) is 64.2 Å². The van der Waals surface area contributed by atoms with Gasteiger partial charge in [0, 0.05) is 19.4 Å². The van der Waals surface area contributed by atoms with Gasteiger partial charge in [0.25, 0.3) is 0 Å². The zero-order valence-corrected chi connectivity index (χ0v) is 30.2. The molecule has 0 radical (unpaired) electrons. The highest BCUT2D eigenvalue weighted by Crippen LogP contribution is 2.43. The first kappa shape index (κ1) is 44.5. The summed E-state index contributed by atoms with van der Waals surface area (Å²) >= 11 is 0. The third kappa shape index (κ3) is 32.4. The molecular formula is C36H68NO8P. The first-order valence-electron chi connectivity index (χ1n) is 18.3. The molecule has 3 N–H and O–H groups in total. The molecule has 0 saturated heterocycles. The second kappa shape index (κ2) is 33.4. The van der Waals surface area contributed by atoms with Crippen molar-refractivity contribution in [2.45, 2.75) is 168 Å². The van der Waals surface area contributed by atoms with Crippen molar-refractivity contribution in [3.63, 3.8) is 0 Å². The van der Waals surface area contributed by atoms with E-state index in [4.69, 9.17) is 24.3 Å². The minimum absolute atomic E-state index is 0.0515. The second-order valence-corrected chi connectivity index (χ2v) is 13.5. The van der Waals surface area contributed by atoms with Crippen molar-refractivity contribution in [1.29, 1.82) is 0 Å². The highest BCUT2D eigenvalue weighted by atomic mass is 31.2. The van der Waals surface area contributed by atoms with E-state index in [9.17, 15) is 19.0 Å². The van der Waals surface area contributed by atoms with Crippen LogP contribution in [0.4, 0.5) is 0 Å². The minimum atomic E-state index is -4.37. The predicted molar refractivity (Wildman–Crippen MR) is 187 cm³/mol. The van der Waals surface area contributed by atoms with Gasteiger partial charge in [0.15, 0.2) is 6.10 Å². The summed E-state index contributed by atoms with van der Waals surface area (Å²) in [7, 11) is -4.37. The van der Waals surface area contributed by atoms with Crippen molar-refractivity contribution < 1.29 is 37.6 Å². The SMILES string of the molecule is CCCCC/C=C\CCCCCCCC(=O)O[C@H](COC(=O)CCCCCCC/C=C\CCCCCC)COP(=O)(O)OCCN. The van der Waals surface area contributed by atoms with E-state index in [1.807, 2.05) is 0 Å². The molecule has 0 aliphatic carbocycles. The Morgan fingerprint density at radius 3 is 1.59 bits per heavy atom. The number of unbranched alkanes of at least 4 members (excludes halogenated alkanes) is 17. The molecule has 0 bridgehead atoms. The molecule has 0 aliphatic rings. The Labute approximate surface area is 281 Å². The molecule has 0 aromatic carbocycles. The lowest BCUT2D eigenvalue weighted by Gasteiger charge is -2.19. The van der Waals surface area contributed by atoms with Crippen LogP contribution in [0, 0.1) is 0 Å². The van der Waals surface area contributed by atoms with Crippen LogP contribution in [0.2, 0.25) is 0 Å². The molecule has 0 aromatic heterocycles. The number of carbonyl (C=O) groups excluding carboxylic acids is 2. The van der Waals surface area contributed by atoms with Crippen LogP contribution in [0.5, 0.6) is 0 Å². The van der Waals surface area contributed by atoms with Crippen LogP contribution in [-0.2, 0) is 32.7 Å². The van der Waals surface area contributed by atoms with E-state index in [1.165, 1.54) is 51.4 Å². The smallest absolute Gasteiger partial charge is 0.462 e. The molecule has 0 heterocycles. The van der Waals surface area contributed by atoms with Crippen LogP contribution in [0.25, 0.3) is 0 Å². The normalized spacial score (nSPS) is 13.7. The molecule has 1 unspecified atom stereocenters. The van der Waals surface area contributed by atoms with E-state index in [2.05, 4.69) is 38.2 Å². The second-order valence-electron chi connectivity index (χ2n) is 12.1. The zero-order valence-electron chi connectivity index (χ0n) is 29.3. The van der Waals surface area contributed by atoms with Gasteiger partial charge in [-0.1, -0.05) is 109 Å². The van der Waals surface area contributed by atoms with Crippen LogP contribution in [0.15, 0.2) is 24.3 Å². The number of allylic oxidation sites excluding steroid dienone is 4. The summed E-state index contributed by atoms with van der Waals surface area (Å²) in [6, 6.07) is 0. The monoisotopic (exact) mass is 673 g/mol. The fraction of sp³-hybridized carbons (Fsp3) is 0.833. The Hall–Kier alpha value is -1.51. The molecule has 270 valence electrons. The highest BCUT2D eigenvalue weighted by Gasteiger charge is 2.25. The molecule has 0 rings (SSSR count). The molecule has 10 heteroatoms. The summed E-state index contributed by atoms with van der Waals surface area (Å²) in [5.41, 5.74) is 5.32. The van der Waals surface area contributed by atoms with Gasteiger partial charge in [0.05, 0.1) is 13.2 Å². The summed E-state index contributed by atoms with van der Waals surface area (Å²) in [5, 5.41) is 0.